The molecule has 1 fully saturated rings. The molecule has 0 aliphatic carbocycles. The number of carbonyl (C=O) groups is 2. The van der Waals surface area contributed by atoms with E-state index in [-0.39, 0.29) is 18.4 Å². The highest BCUT2D eigenvalue weighted by Gasteiger charge is 2.34. The van der Waals surface area contributed by atoms with E-state index >= 15 is 0 Å². The summed E-state index contributed by atoms with van der Waals surface area (Å²) in [4.78, 5) is 27.5. The lowest BCUT2D eigenvalue weighted by Gasteiger charge is -2.17. The van der Waals surface area contributed by atoms with Gasteiger partial charge >= 0.3 is 0 Å². The Bertz CT molecular complexity index is 1400. The number of aryl methyl sites for hydroxylation is 2. The van der Waals surface area contributed by atoms with Gasteiger partial charge < -0.3 is 19.5 Å². The smallest absolute Gasteiger partial charge is 0.270 e. The molecule has 1 saturated heterocycles. The predicted molar refractivity (Wildman–Crippen MR) is 152 cm³/mol. The van der Waals surface area contributed by atoms with Gasteiger partial charge in [0.2, 0.25) is 0 Å². The first-order chi connectivity index (χ1) is 17.8. The number of methoxy groups -OCH3 is 2. The van der Waals surface area contributed by atoms with Gasteiger partial charge in [0.1, 0.15) is 5.75 Å². The summed E-state index contributed by atoms with van der Waals surface area (Å²) in [5.41, 5.74) is 4.28. The Morgan fingerprint density at radius 2 is 1.73 bits per heavy atom. The Hall–Kier alpha value is -3.82. The Balaban J connectivity index is 1.46. The molecule has 7 nitrogen and oxygen atoms in total. The minimum absolute atomic E-state index is 0.180. The number of nitrogens with one attached hydrogen (secondary N) is 1. The third kappa shape index (κ3) is 5.95. The second-order valence-corrected chi connectivity index (χ2v) is 9.91. The van der Waals surface area contributed by atoms with E-state index in [9.17, 15) is 9.59 Å². The lowest BCUT2D eigenvalue weighted by molar-refractivity contribution is -0.118. The summed E-state index contributed by atoms with van der Waals surface area (Å²) in [5.74, 6) is 0.894. The number of amides is 2. The highest BCUT2D eigenvalue weighted by molar-refractivity contribution is 8.27. The number of thioether (sulfide) groups is 1. The van der Waals surface area contributed by atoms with Crippen LogP contribution >= 0.6 is 24.0 Å². The number of rotatable bonds is 8. The van der Waals surface area contributed by atoms with Gasteiger partial charge in [0, 0.05) is 5.69 Å². The van der Waals surface area contributed by atoms with Crippen LogP contribution in [0.3, 0.4) is 0 Å². The van der Waals surface area contributed by atoms with Gasteiger partial charge in [-0.1, -0.05) is 48.2 Å². The van der Waals surface area contributed by atoms with Gasteiger partial charge in [-0.3, -0.25) is 14.5 Å². The molecule has 190 valence electrons. The van der Waals surface area contributed by atoms with Crippen LogP contribution in [0, 0.1) is 13.8 Å². The number of nitrogens with zero attached hydrogens (tertiary/aromatic N) is 1. The van der Waals surface area contributed by atoms with Crippen molar-refractivity contribution in [1.82, 2.24) is 0 Å². The van der Waals surface area contributed by atoms with Crippen molar-refractivity contribution in [3.8, 4) is 17.2 Å². The Kier molecular flexibility index (Phi) is 8.15. The van der Waals surface area contributed by atoms with Crippen molar-refractivity contribution in [2.75, 3.05) is 31.0 Å². The molecule has 2 amide bonds. The van der Waals surface area contributed by atoms with Crippen LogP contribution in [0.25, 0.3) is 6.08 Å². The second kappa shape index (κ2) is 11.5. The van der Waals surface area contributed by atoms with Crippen LogP contribution in [0.1, 0.15) is 16.7 Å². The number of hydrogen-bond acceptors (Lipinski definition) is 7. The minimum Gasteiger partial charge on any atom is -0.495 e. The summed E-state index contributed by atoms with van der Waals surface area (Å²) in [6.45, 7) is 3.83. The van der Waals surface area contributed by atoms with Gasteiger partial charge in [-0.15, -0.1) is 0 Å². The van der Waals surface area contributed by atoms with Crippen molar-refractivity contribution in [3.63, 3.8) is 0 Å². The molecule has 37 heavy (non-hydrogen) atoms. The molecule has 0 bridgehead atoms. The van der Waals surface area contributed by atoms with Crippen LogP contribution in [0.4, 0.5) is 11.4 Å². The number of thiocarbonyl (C=S) groups is 1. The van der Waals surface area contributed by atoms with E-state index in [4.69, 9.17) is 26.4 Å². The Morgan fingerprint density at radius 3 is 2.46 bits per heavy atom. The zero-order valence-corrected chi connectivity index (χ0v) is 22.5. The number of carbonyl (C=O) groups excluding carboxylic acids is 2. The van der Waals surface area contributed by atoms with Gasteiger partial charge in [0.15, 0.2) is 22.4 Å². The maximum absolute atomic E-state index is 13.2. The van der Waals surface area contributed by atoms with Crippen LogP contribution in [0.2, 0.25) is 0 Å². The van der Waals surface area contributed by atoms with Crippen LogP contribution in [-0.4, -0.2) is 37.0 Å². The van der Waals surface area contributed by atoms with Crippen molar-refractivity contribution in [2.24, 2.45) is 0 Å². The lowest BCUT2D eigenvalue weighted by atomic mass is 10.1. The molecule has 0 spiro atoms. The molecule has 3 aromatic rings. The van der Waals surface area contributed by atoms with Crippen molar-refractivity contribution in [2.45, 2.75) is 13.8 Å². The number of anilines is 2. The molecular weight excluding hydrogens is 508 g/mol. The summed E-state index contributed by atoms with van der Waals surface area (Å²) in [7, 11) is 3.07. The first-order valence-electron chi connectivity index (χ1n) is 11.4. The van der Waals surface area contributed by atoms with Gasteiger partial charge in [-0.2, -0.15) is 0 Å². The predicted octanol–water partition coefficient (Wildman–Crippen LogP) is 5.74. The van der Waals surface area contributed by atoms with Crippen LogP contribution in [0.15, 0.2) is 65.6 Å². The monoisotopic (exact) mass is 534 g/mol. The standard InChI is InChI=1S/C28H26N2O5S2/c1-17-9-11-20(13-18(17)2)29-26(31)16-35-23-12-10-19(14-24(23)34-4)15-25-27(32)30(28(36)37-25)21-7-5-6-8-22(21)33-3/h5-15H,16H2,1-4H3,(H,29,31)/b25-15+. The summed E-state index contributed by atoms with van der Waals surface area (Å²) < 4.78 is 17.0. The van der Waals surface area contributed by atoms with E-state index in [1.54, 1.807) is 43.5 Å². The van der Waals surface area contributed by atoms with E-state index in [2.05, 4.69) is 5.32 Å². The first kappa shape index (κ1) is 26.2. The number of hydrogen-bond donors (Lipinski definition) is 1. The zero-order chi connectivity index (χ0) is 26.5. The van der Waals surface area contributed by atoms with E-state index < -0.39 is 0 Å². The van der Waals surface area contributed by atoms with Crippen LogP contribution in [0.5, 0.6) is 17.2 Å². The third-order valence-corrected chi connectivity index (χ3v) is 7.06. The van der Waals surface area contributed by atoms with Crippen molar-refractivity contribution in [1.29, 1.82) is 0 Å². The maximum atomic E-state index is 13.2. The van der Waals surface area contributed by atoms with E-state index in [0.717, 1.165) is 16.7 Å². The molecule has 0 aromatic heterocycles. The molecule has 1 aliphatic rings. The molecular formula is C28H26N2O5S2. The van der Waals surface area contributed by atoms with E-state index in [0.29, 0.717) is 37.8 Å². The minimum atomic E-state index is -0.283. The molecule has 3 aromatic carbocycles. The topological polar surface area (TPSA) is 77.1 Å². The lowest BCUT2D eigenvalue weighted by Crippen LogP contribution is -2.27. The number of para-hydroxylation sites is 2. The third-order valence-electron chi connectivity index (χ3n) is 5.75. The van der Waals surface area contributed by atoms with Gasteiger partial charge in [-0.05, 0) is 73.0 Å². The molecule has 4 rings (SSSR count). The SMILES string of the molecule is COc1cc(/C=C2/SC(=S)N(c3ccccc3OC)C2=O)ccc1OCC(=O)Nc1ccc(C)c(C)c1. The summed E-state index contributed by atoms with van der Waals surface area (Å²) in [5, 5.41) is 2.83. The van der Waals surface area contributed by atoms with Crippen LogP contribution < -0.4 is 24.4 Å². The van der Waals surface area contributed by atoms with Gasteiger partial charge in [0.05, 0.1) is 24.8 Å². The summed E-state index contributed by atoms with van der Waals surface area (Å²) in [6, 6.07) is 18.2. The molecule has 0 radical (unpaired) electrons. The number of benzene rings is 3. The fraction of sp³-hybridized carbons (Fsp3) is 0.179. The average Bonchev–Trinajstić information content (AvgIpc) is 3.17. The zero-order valence-electron chi connectivity index (χ0n) is 20.9. The quantitative estimate of drug-likeness (QED) is 0.292. The van der Waals surface area contributed by atoms with E-state index in [1.807, 2.05) is 44.2 Å². The molecule has 1 heterocycles. The van der Waals surface area contributed by atoms with E-state index in [1.165, 1.54) is 23.8 Å². The molecule has 0 atom stereocenters. The fourth-order valence-corrected chi connectivity index (χ4v) is 4.98. The maximum Gasteiger partial charge on any atom is 0.270 e. The highest BCUT2D eigenvalue weighted by Crippen LogP contribution is 2.40. The average molecular weight is 535 g/mol. The molecule has 0 saturated carbocycles. The fourth-order valence-electron chi connectivity index (χ4n) is 3.69. The summed E-state index contributed by atoms with van der Waals surface area (Å²) in [6.07, 6.45) is 1.74. The molecule has 1 aliphatic heterocycles. The molecule has 1 N–H and O–H groups in total. The normalized spacial score (nSPS) is 14.2. The van der Waals surface area contributed by atoms with Crippen molar-refractivity contribution >= 4 is 57.6 Å². The first-order valence-corrected chi connectivity index (χ1v) is 12.6. The van der Waals surface area contributed by atoms with Crippen LogP contribution in [-0.2, 0) is 9.59 Å². The van der Waals surface area contributed by atoms with Gasteiger partial charge in [0.25, 0.3) is 11.8 Å². The Morgan fingerprint density at radius 1 is 0.973 bits per heavy atom. The second-order valence-electron chi connectivity index (χ2n) is 8.24. The molecule has 0 unspecified atom stereocenters. The largest absolute Gasteiger partial charge is 0.495 e. The van der Waals surface area contributed by atoms with Crippen molar-refractivity contribution in [3.05, 3.63) is 82.3 Å². The van der Waals surface area contributed by atoms with Gasteiger partial charge in [-0.25, -0.2) is 0 Å². The number of ether oxygens (including phenoxy) is 3. The molecule has 9 heteroatoms. The summed E-state index contributed by atoms with van der Waals surface area (Å²) >= 11 is 6.69. The van der Waals surface area contributed by atoms with Crippen molar-refractivity contribution < 1.29 is 23.8 Å². The Labute approximate surface area is 225 Å². The highest BCUT2D eigenvalue weighted by atomic mass is 32.2.